The van der Waals surface area contributed by atoms with E-state index < -0.39 is 0 Å². The molecular formula is C12H16O2S. The highest BCUT2D eigenvalue weighted by Crippen LogP contribution is 2.20. The highest BCUT2D eigenvalue weighted by Gasteiger charge is 2.15. The molecule has 0 N–H and O–H groups in total. The van der Waals surface area contributed by atoms with E-state index in [1.165, 1.54) is 11.8 Å². The molecule has 1 aromatic rings. The van der Waals surface area contributed by atoms with Crippen LogP contribution in [0.4, 0.5) is 0 Å². The molecule has 0 fully saturated rings. The van der Waals surface area contributed by atoms with Gasteiger partial charge < -0.3 is 4.74 Å². The Morgan fingerprint density at radius 3 is 2.33 bits per heavy atom. The van der Waals surface area contributed by atoms with Crippen LogP contribution in [0.15, 0.2) is 35.2 Å². The maximum atomic E-state index is 11.7. The molecule has 0 aliphatic rings. The molecule has 82 valence electrons. The second-order valence-electron chi connectivity index (χ2n) is 3.56. The summed E-state index contributed by atoms with van der Waals surface area (Å²) in [4.78, 5) is 12.6. The third kappa shape index (κ3) is 4.49. The summed E-state index contributed by atoms with van der Waals surface area (Å²) in [5.41, 5.74) is 0. The van der Waals surface area contributed by atoms with Gasteiger partial charge in [0.05, 0.1) is 6.10 Å². The summed E-state index contributed by atoms with van der Waals surface area (Å²) in [5, 5.41) is 0.0508. The lowest BCUT2D eigenvalue weighted by Crippen LogP contribution is -2.21. The van der Waals surface area contributed by atoms with Gasteiger partial charge in [0.1, 0.15) is 6.10 Å². The monoisotopic (exact) mass is 224 g/mol. The van der Waals surface area contributed by atoms with Gasteiger partial charge in [-0.1, -0.05) is 18.2 Å². The quantitative estimate of drug-likeness (QED) is 0.735. The van der Waals surface area contributed by atoms with Crippen molar-refractivity contribution < 1.29 is 9.53 Å². The molecular weight excluding hydrogens is 208 g/mol. The Morgan fingerprint density at radius 1 is 1.20 bits per heavy atom. The fourth-order valence-electron chi connectivity index (χ4n) is 1.15. The van der Waals surface area contributed by atoms with Crippen LogP contribution in [0.2, 0.25) is 0 Å². The molecule has 15 heavy (non-hydrogen) atoms. The van der Waals surface area contributed by atoms with Crippen LogP contribution in [0.3, 0.4) is 0 Å². The number of benzene rings is 1. The summed E-state index contributed by atoms with van der Waals surface area (Å²) < 4.78 is 5.41. The van der Waals surface area contributed by atoms with Crippen molar-refractivity contribution in [1.82, 2.24) is 0 Å². The zero-order chi connectivity index (χ0) is 11.3. The molecule has 0 saturated heterocycles. The standard InChI is InChI=1S/C12H16O2S/c1-9(2)14-10(3)12(13)15-11-7-5-4-6-8-11/h4-10H,1-3H3. The molecule has 2 nitrogen and oxygen atoms in total. The Labute approximate surface area is 95.0 Å². The van der Waals surface area contributed by atoms with E-state index in [0.717, 1.165) is 4.90 Å². The Morgan fingerprint density at radius 2 is 1.80 bits per heavy atom. The summed E-state index contributed by atoms with van der Waals surface area (Å²) in [6, 6.07) is 9.62. The molecule has 0 aromatic heterocycles. The van der Waals surface area contributed by atoms with E-state index in [1.807, 2.05) is 44.2 Å². The summed E-state index contributed by atoms with van der Waals surface area (Å²) in [5.74, 6) is 0. The van der Waals surface area contributed by atoms with Crippen molar-refractivity contribution in [1.29, 1.82) is 0 Å². The van der Waals surface area contributed by atoms with Gasteiger partial charge in [-0.25, -0.2) is 0 Å². The topological polar surface area (TPSA) is 26.3 Å². The molecule has 0 aliphatic heterocycles. The van der Waals surface area contributed by atoms with Crippen LogP contribution in [-0.2, 0) is 9.53 Å². The van der Waals surface area contributed by atoms with Gasteiger partial charge in [0.25, 0.3) is 0 Å². The lowest BCUT2D eigenvalue weighted by molar-refractivity contribution is -0.122. The molecule has 0 aliphatic carbocycles. The number of ether oxygens (including phenoxy) is 1. The fraction of sp³-hybridized carbons (Fsp3) is 0.417. The van der Waals surface area contributed by atoms with Crippen molar-refractivity contribution in [3.8, 4) is 0 Å². The first-order valence-electron chi connectivity index (χ1n) is 5.02. The van der Waals surface area contributed by atoms with Crippen LogP contribution in [0.1, 0.15) is 20.8 Å². The smallest absolute Gasteiger partial charge is 0.222 e. The predicted octanol–water partition coefficient (Wildman–Crippen LogP) is 3.12. The molecule has 0 spiro atoms. The molecule has 0 radical (unpaired) electrons. The molecule has 0 heterocycles. The SMILES string of the molecule is CC(C)OC(C)C(=O)Sc1ccccc1. The van der Waals surface area contributed by atoms with Crippen LogP contribution in [0.5, 0.6) is 0 Å². The molecule has 1 unspecified atom stereocenters. The molecule has 1 atom stereocenters. The average molecular weight is 224 g/mol. The summed E-state index contributed by atoms with van der Waals surface area (Å²) in [7, 11) is 0. The zero-order valence-electron chi connectivity index (χ0n) is 9.27. The largest absolute Gasteiger partial charge is 0.367 e. The van der Waals surface area contributed by atoms with Crippen molar-refractivity contribution in [2.75, 3.05) is 0 Å². The summed E-state index contributed by atoms with van der Waals surface area (Å²) in [6.45, 7) is 5.65. The van der Waals surface area contributed by atoms with Gasteiger partial charge in [-0.2, -0.15) is 0 Å². The first-order chi connectivity index (χ1) is 7.09. The average Bonchev–Trinajstić information content (AvgIpc) is 2.18. The van der Waals surface area contributed by atoms with Crippen LogP contribution in [-0.4, -0.2) is 17.3 Å². The van der Waals surface area contributed by atoms with Gasteiger partial charge in [0.2, 0.25) is 5.12 Å². The first kappa shape index (κ1) is 12.3. The number of hydrogen-bond donors (Lipinski definition) is 0. The van der Waals surface area contributed by atoms with Gasteiger partial charge in [-0.3, -0.25) is 4.79 Å². The van der Waals surface area contributed by atoms with Gasteiger partial charge in [-0.15, -0.1) is 0 Å². The van der Waals surface area contributed by atoms with Gasteiger partial charge in [0, 0.05) is 4.90 Å². The second kappa shape index (κ2) is 5.93. The molecule has 1 aromatic carbocycles. The summed E-state index contributed by atoms with van der Waals surface area (Å²) >= 11 is 1.23. The molecule has 3 heteroatoms. The highest BCUT2D eigenvalue weighted by atomic mass is 32.2. The van der Waals surface area contributed by atoms with Gasteiger partial charge in [0.15, 0.2) is 0 Å². The van der Waals surface area contributed by atoms with Gasteiger partial charge >= 0.3 is 0 Å². The number of thioether (sulfide) groups is 1. The van der Waals surface area contributed by atoms with E-state index in [9.17, 15) is 4.79 Å². The molecule has 0 bridgehead atoms. The van der Waals surface area contributed by atoms with Crippen molar-refractivity contribution in [3.63, 3.8) is 0 Å². The van der Waals surface area contributed by atoms with Crippen LogP contribution >= 0.6 is 11.8 Å². The zero-order valence-corrected chi connectivity index (χ0v) is 10.1. The van der Waals surface area contributed by atoms with E-state index in [4.69, 9.17) is 4.74 Å². The van der Waals surface area contributed by atoms with Crippen molar-refractivity contribution in [2.24, 2.45) is 0 Å². The normalized spacial score (nSPS) is 12.8. The van der Waals surface area contributed by atoms with Crippen molar-refractivity contribution >= 4 is 16.9 Å². The van der Waals surface area contributed by atoms with E-state index in [1.54, 1.807) is 6.92 Å². The van der Waals surface area contributed by atoms with Crippen LogP contribution in [0, 0.1) is 0 Å². The third-order valence-electron chi connectivity index (χ3n) is 1.77. The number of carbonyl (C=O) groups excluding carboxylic acids is 1. The van der Waals surface area contributed by atoms with Crippen LogP contribution < -0.4 is 0 Å². The minimum atomic E-state index is -0.352. The highest BCUT2D eigenvalue weighted by molar-refractivity contribution is 8.13. The Bertz CT molecular complexity index is 309. The lowest BCUT2D eigenvalue weighted by Gasteiger charge is -2.14. The minimum absolute atomic E-state index is 0.0508. The maximum Gasteiger partial charge on any atom is 0.222 e. The first-order valence-corrected chi connectivity index (χ1v) is 5.83. The van der Waals surface area contributed by atoms with E-state index >= 15 is 0 Å². The Balaban J connectivity index is 2.49. The van der Waals surface area contributed by atoms with Crippen molar-refractivity contribution in [3.05, 3.63) is 30.3 Å². The van der Waals surface area contributed by atoms with Crippen LogP contribution in [0.25, 0.3) is 0 Å². The van der Waals surface area contributed by atoms with E-state index in [-0.39, 0.29) is 17.3 Å². The second-order valence-corrected chi connectivity index (χ2v) is 4.64. The number of hydrogen-bond acceptors (Lipinski definition) is 3. The maximum absolute atomic E-state index is 11.7. The fourth-order valence-corrected chi connectivity index (χ4v) is 1.90. The van der Waals surface area contributed by atoms with E-state index in [0.29, 0.717) is 0 Å². The minimum Gasteiger partial charge on any atom is -0.367 e. The Hall–Kier alpha value is -0.800. The molecule has 0 saturated carbocycles. The number of carbonyl (C=O) groups is 1. The number of rotatable bonds is 4. The predicted molar refractivity (Wildman–Crippen MR) is 63.0 cm³/mol. The molecule has 1 rings (SSSR count). The Kier molecular flexibility index (Phi) is 4.85. The lowest BCUT2D eigenvalue weighted by atomic mass is 10.4. The molecule has 0 amide bonds. The van der Waals surface area contributed by atoms with Gasteiger partial charge in [-0.05, 0) is 44.7 Å². The third-order valence-corrected chi connectivity index (χ3v) is 2.81. The van der Waals surface area contributed by atoms with E-state index in [2.05, 4.69) is 0 Å². The summed E-state index contributed by atoms with van der Waals surface area (Å²) in [6.07, 6.45) is -0.268. The van der Waals surface area contributed by atoms with Crippen molar-refractivity contribution in [2.45, 2.75) is 37.9 Å².